The van der Waals surface area contributed by atoms with Gasteiger partial charge in [-0.2, -0.15) is 0 Å². The summed E-state index contributed by atoms with van der Waals surface area (Å²) in [5, 5.41) is 2.43. The molecule has 1 heterocycles. The fourth-order valence-corrected chi connectivity index (χ4v) is 5.14. The van der Waals surface area contributed by atoms with Crippen LogP contribution in [0.5, 0.6) is 0 Å². The van der Waals surface area contributed by atoms with E-state index in [0.717, 1.165) is 17.1 Å². The van der Waals surface area contributed by atoms with Crippen LogP contribution >= 0.6 is 11.3 Å². The Bertz CT molecular complexity index is 1750. The van der Waals surface area contributed by atoms with E-state index in [1.807, 2.05) is 42.5 Å². The van der Waals surface area contributed by atoms with E-state index in [4.69, 9.17) is 6.85 Å². The van der Waals surface area contributed by atoms with Gasteiger partial charge in [-0.05, 0) is 59.7 Å². The first-order valence-electron chi connectivity index (χ1n) is 12.9. The van der Waals surface area contributed by atoms with Gasteiger partial charge in [0.25, 0.3) is 0 Å². The SMILES string of the molecule is [2H]c1c([2H])c([2H])c(-c2ccc(N(c3ccccc3)c3ccc4sc5ccccc5c4c3)cc2)c([2H])c1[2H]. The zero-order valence-electron chi connectivity index (χ0n) is 22.1. The summed E-state index contributed by atoms with van der Waals surface area (Å²) in [4.78, 5) is 2.16. The van der Waals surface area contributed by atoms with E-state index in [1.54, 1.807) is 11.3 Å². The van der Waals surface area contributed by atoms with Gasteiger partial charge in [0.15, 0.2) is 0 Å². The molecule has 6 aromatic rings. The molecule has 0 radical (unpaired) electrons. The van der Waals surface area contributed by atoms with Crippen molar-refractivity contribution in [3.8, 4) is 11.1 Å². The smallest absolute Gasteiger partial charge is 0.0629 e. The van der Waals surface area contributed by atoms with Gasteiger partial charge in [-0.3, -0.25) is 0 Å². The van der Waals surface area contributed by atoms with Crippen LogP contribution in [0.15, 0.2) is 127 Å². The summed E-state index contributed by atoms with van der Waals surface area (Å²) in [5.74, 6) is 0. The Balaban J connectivity index is 1.49. The predicted octanol–water partition coefficient (Wildman–Crippen LogP) is 9.19. The maximum atomic E-state index is 8.33. The molecule has 0 unspecified atom stereocenters. The molecule has 1 nitrogen and oxygen atoms in total. The van der Waals surface area contributed by atoms with Gasteiger partial charge in [-0.15, -0.1) is 11.3 Å². The minimum Gasteiger partial charge on any atom is -0.310 e. The first-order chi connectivity index (χ1) is 17.9. The Labute approximate surface area is 198 Å². The van der Waals surface area contributed by atoms with Crippen molar-refractivity contribution in [1.82, 2.24) is 0 Å². The lowest BCUT2D eigenvalue weighted by molar-refractivity contribution is 1.29. The van der Waals surface area contributed by atoms with Crippen LogP contribution in [0.3, 0.4) is 0 Å². The van der Waals surface area contributed by atoms with E-state index in [9.17, 15) is 0 Å². The van der Waals surface area contributed by atoms with Gasteiger partial charge in [0.1, 0.15) is 0 Å². The van der Waals surface area contributed by atoms with Crippen molar-refractivity contribution in [3.63, 3.8) is 0 Å². The van der Waals surface area contributed by atoms with Crippen molar-refractivity contribution in [2.24, 2.45) is 0 Å². The molecule has 0 bridgehead atoms. The molecule has 0 fully saturated rings. The maximum Gasteiger partial charge on any atom is 0.0629 e. The molecule has 32 heavy (non-hydrogen) atoms. The molecule has 2 heteroatoms. The molecule has 0 N–H and O–H groups in total. The Morgan fingerprint density at radius 3 is 2.00 bits per heavy atom. The van der Waals surface area contributed by atoms with E-state index in [2.05, 4.69) is 59.5 Å². The first-order valence-corrected chi connectivity index (χ1v) is 11.2. The van der Waals surface area contributed by atoms with Crippen molar-refractivity contribution >= 4 is 48.6 Å². The van der Waals surface area contributed by atoms with Gasteiger partial charge >= 0.3 is 0 Å². The van der Waals surface area contributed by atoms with E-state index >= 15 is 0 Å². The summed E-state index contributed by atoms with van der Waals surface area (Å²) in [5.41, 5.74) is 3.69. The molecule has 0 saturated heterocycles. The molecule has 0 saturated carbocycles. The third-order valence-corrected chi connectivity index (χ3v) is 6.70. The molecule has 5 aromatic carbocycles. The van der Waals surface area contributed by atoms with Crippen LogP contribution in [0, 0.1) is 0 Å². The van der Waals surface area contributed by atoms with Crippen LogP contribution in [0.4, 0.5) is 17.1 Å². The standard InChI is InChI=1S/C30H21NS/c1-3-9-22(10-4-1)23-15-17-25(18-16-23)31(24-11-5-2-6-12-24)26-19-20-30-28(21-26)27-13-7-8-14-29(27)32-30/h1-21H/i1D,3D,4D,9D,10D. The number of benzene rings is 5. The minimum atomic E-state index is -0.387. The Morgan fingerprint density at radius 1 is 0.531 bits per heavy atom. The predicted molar refractivity (Wildman–Crippen MR) is 139 cm³/mol. The summed E-state index contributed by atoms with van der Waals surface area (Å²) >= 11 is 1.78. The van der Waals surface area contributed by atoms with Crippen LogP contribution in [0.1, 0.15) is 6.85 Å². The number of para-hydroxylation sites is 1. The van der Waals surface area contributed by atoms with Crippen LogP contribution in [-0.4, -0.2) is 0 Å². The number of nitrogens with zero attached hydrogens (tertiary/aromatic N) is 1. The lowest BCUT2D eigenvalue weighted by Crippen LogP contribution is -2.09. The zero-order chi connectivity index (χ0) is 25.7. The van der Waals surface area contributed by atoms with Gasteiger partial charge in [0, 0.05) is 37.2 Å². The molecular formula is C30H21NS. The average molecular weight is 433 g/mol. The number of hydrogen-bond acceptors (Lipinski definition) is 2. The molecule has 0 atom stereocenters. The van der Waals surface area contributed by atoms with Crippen molar-refractivity contribution in [3.05, 3.63) is 127 Å². The monoisotopic (exact) mass is 432 g/mol. The highest BCUT2D eigenvalue weighted by Gasteiger charge is 2.14. The quantitative estimate of drug-likeness (QED) is 0.268. The minimum absolute atomic E-state index is 0.201. The third kappa shape index (κ3) is 3.35. The normalized spacial score (nSPS) is 13.3. The number of rotatable bonds is 4. The highest BCUT2D eigenvalue weighted by Crippen LogP contribution is 2.40. The van der Waals surface area contributed by atoms with Crippen LogP contribution < -0.4 is 4.90 Å². The molecule has 0 aliphatic carbocycles. The fraction of sp³-hybridized carbons (Fsp3) is 0. The van der Waals surface area contributed by atoms with Crippen LogP contribution in [0.2, 0.25) is 0 Å². The Kier molecular flexibility index (Phi) is 3.55. The largest absolute Gasteiger partial charge is 0.310 e. The molecule has 0 spiro atoms. The van der Waals surface area contributed by atoms with Crippen molar-refractivity contribution < 1.29 is 6.85 Å². The maximum absolute atomic E-state index is 8.33. The first kappa shape index (κ1) is 14.2. The van der Waals surface area contributed by atoms with Crippen molar-refractivity contribution in [2.75, 3.05) is 4.90 Å². The second kappa shape index (κ2) is 7.99. The summed E-state index contributed by atoms with van der Waals surface area (Å²) in [6.45, 7) is 0. The molecule has 152 valence electrons. The molecule has 6 rings (SSSR count). The van der Waals surface area contributed by atoms with Gasteiger partial charge in [0.05, 0.1) is 6.85 Å². The fourth-order valence-electron chi connectivity index (χ4n) is 4.05. The number of anilines is 3. The van der Waals surface area contributed by atoms with Crippen molar-refractivity contribution in [2.45, 2.75) is 0 Å². The lowest BCUT2D eigenvalue weighted by atomic mass is 10.0. The highest BCUT2D eigenvalue weighted by atomic mass is 32.1. The van der Waals surface area contributed by atoms with Gasteiger partial charge in [0.2, 0.25) is 0 Å². The summed E-state index contributed by atoms with van der Waals surface area (Å²) < 4.78 is 43.0. The second-order valence-electron chi connectivity index (χ2n) is 7.50. The Hall–Kier alpha value is -3.88. The molecule has 0 aliphatic rings. The van der Waals surface area contributed by atoms with Crippen LogP contribution in [0.25, 0.3) is 31.3 Å². The van der Waals surface area contributed by atoms with E-state index in [1.165, 1.54) is 20.2 Å². The molecule has 0 aliphatic heterocycles. The summed E-state index contributed by atoms with van der Waals surface area (Å²) in [7, 11) is 0. The van der Waals surface area contributed by atoms with E-state index < -0.39 is 0 Å². The average Bonchev–Trinajstić information content (AvgIpc) is 3.31. The van der Waals surface area contributed by atoms with Gasteiger partial charge in [-0.1, -0.05) is 78.7 Å². The van der Waals surface area contributed by atoms with E-state index in [0.29, 0.717) is 5.56 Å². The topological polar surface area (TPSA) is 3.24 Å². The zero-order valence-corrected chi connectivity index (χ0v) is 17.9. The number of fused-ring (bicyclic) bond motifs is 3. The number of thiophene rings is 1. The number of hydrogen-bond donors (Lipinski definition) is 0. The highest BCUT2D eigenvalue weighted by molar-refractivity contribution is 7.25. The Morgan fingerprint density at radius 2 is 1.19 bits per heavy atom. The van der Waals surface area contributed by atoms with Crippen LogP contribution in [-0.2, 0) is 0 Å². The van der Waals surface area contributed by atoms with Gasteiger partial charge in [-0.25, -0.2) is 0 Å². The second-order valence-corrected chi connectivity index (χ2v) is 8.58. The van der Waals surface area contributed by atoms with E-state index in [-0.39, 0.29) is 35.8 Å². The molecule has 1 aromatic heterocycles. The summed E-state index contributed by atoms with van der Waals surface area (Å²) in [6, 6.07) is 31.1. The molecular weight excluding hydrogens is 406 g/mol. The summed E-state index contributed by atoms with van der Waals surface area (Å²) in [6.07, 6.45) is 0. The van der Waals surface area contributed by atoms with Crippen molar-refractivity contribution in [1.29, 1.82) is 0 Å². The third-order valence-electron chi connectivity index (χ3n) is 5.55. The molecule has 0 amide bonds. The lowest BCUT2D eigenvalue weighted by Gasteiger charge is -2.25. The van der Waals surface area contributed by atoms with Gasteiger partial charge < -0.3 is 4.90 Å².